The van der Waals surface area contributed by atoms with E-state index in [1.807, 2.05) is 44.0 Å². The van der Waals surface area contributed by atoms with Crippen LogP contribution in [0.1, 0.15) is 5.56 Å². The Balaban J connectivity index is 2.08. The molecule has 0 atom stereocenters. The Morgan fingerprint density at radius 3 is 2.57 bits per heavy atom. The second-order valence-electron chi connectivity index (χ2n) is 5.91. The standard InChI is InChI=1S/C17H18N4O2/c1-19(2)10-12-4-6-13(7-5-12)16-11-20(3)17-15(16)8-14(9-18-17)21(22)23/h4-9,11H,10H2,1-3H3. The third-order valence-electron chi connectivity index (χ3n) is 3.77. The van der Waals surface area contributed by atoms with Gasteiger partial charge in [0.05, 0.1) is 4.92 Å². The molecule has 118 valence electrons. The molecule has 3 rings (SSSR count). The molecule has 0 radical (unpaired) electrons. The Morgan fingerprint density at radius 2 is 1.96 bits per heavy atom. The summed E-state index contributed by atoms with van der Waals surface area (Å²) in [6.45, 7) is 0.878. The van der Waals surface area contributed by atoms with Gasteiger partial charge in [-0.1, -0.05) is 24.3 Å². The lowest BCUT2D eigenvalue weighted by atomic mass is 10.0. The first kappa shape index (κ1) is 15.2. The lowest BCUT2D eigenvalue weighted by Crippen LogP contribution is -2.10. The summed E-state index contributed by atoms with van der Waals surface area (Å²) in [7, 11) is 5.96. The third kappa shape index (κ3) is 2.93. The molecule has 2 heterocycles. The maximum absolute atomic E-state index is 11.0. The van der Waals surface area contributed by atoms with Crippen molar-refractivity contribution in [3.05, 3.63) is 58.4 Å². The van der Waals surface area contributed by atoms with Crippen LogP contribution in [-0.2, 0) is 13.6 Å². The predicted octanol–water partition coefficient (Wildman–Crippen LogP) is 3.21. The van der Waals surface area contributed by atoms with Gasteiger partial charge in [-0.2, -0.15) is 0 Å². The van der Waals surface area contributed by atoms with Crippen LogP contribution in [0.25, 0.3) is 22.2 Å². The van der Waals surface area contributed by atoms with Gasteiger partial charge >= 0.3 is 0 Å². The van der Waals surface area contributed by atoms with Gasteiger partial charge in [-0.25, -0.2) is 4.98 Å². The zero-order valence-electron chi connectivity index (χ0n) is 13.4. The molecular formula is C17H18N4O2. The first-order valence-electron chi connectivity index (χ1n) is 7.29. The minimum absolute atomic E-state index is 0.00850. The van der Waals surface area contributed by atoms with Crippen molar-refractivity contribution in [3.63, 3.8) is 0 Å². The lowest BCUT2D eigenvalue weighted by molar-refractivity contribution is -0.385. The molecule has 0 aliphatic heterocycles. The summed E-state index contributed by atoms with van der Waals surface area (Å²) in [6, 6.07) is 9.85. The molecule has 0 N–H and O–H groups in total. The Labute approximate surface area is 134 Å². The fourth-order valence-corrected chi connectivity index (χ4v) is 2.73. The fourth-order valence-electron chi connectivity index (χ4n) is 2.73. The molecule has 0 aliphatic carbocycles. The van der Waals surface area contributed by atoms with Crippen LogP contribution in [0.15, 0.2) is 42.7 Å². The van der Waals surface area contributed by atoms with Crippen molar-refractivity contribution < 1.29 is 4.92 Å². The van der Waals surface area contributed by atoms with Crippen molar-refractivity contribution in [2.45, 2.75) is 6.54 Å². The first-order valence-corrected chi connectivity index (χ1v) is 7.29. The quantitative estimate of drug-likeness (QED) is 0.548. The van der Waals surface area contributed by atoms with Crippen LogP contribution >= 0.6 is 0 Å². The van der Waals surface area contributed by atoms with Gasteiger partial charge in [0, 0.05) is 36.8 Å². The summed E-state index contributed by atoms with van der Waals surface area (Å²) < 4.78 is 1.89. The monoisotopic (exact) mass is 310 g/mol. The summed E-state index contributed by atoms with van der Waals surface area (Å²) in [5.41, 5.74) is 3.95. The van der Waals surface area contributed by atoms with Crippen molar-refractivity contribution in [2.75, 3.05) is 14.1 Å². The van der Waals surface area contributed by atoms with Crippen molar-refractivity contribution >= 4 is 16.7 Å². The zero-order chi connectivity index (χ0) is 16.6. The molecule has 3 aromatic rings. The Bertz CT molecular complexity index is 866. The van der Waals surface area contributed by atoms with E-state index in [0.29, 0.717) is 0 Å². The minimum atomic E-state index is -0.413. The van der Waals surface area contributed by atoms with Gasteiger partial charge in [0.2, 0.25) is 0 Å². The number of pyridine rings is 1. The molecule has 0 spiro atoms. The van der Waals surface area contributed by atoms with Gasteiger partial charge in [0.15, 0.2) is 0 Å². The van der Waals surface area contributed by atoms with Crippen LogP contribution in [0.5, 0.6) is 0 Å². The molecule has 0 aliphatic rings. The van der Waals surface area contributed by atoms with E-state index in [-0.39, 0.29) is 5.69 Å². The average Bonchev–Trinajstić information content (AvgIpc) is 2.84. The third-order valence-corrected chi connectivity index (χ3v) is 3.77. The highest BCUT2D eigenvalue weighted by molar-refractivity contribution is 5.95. The topological polar surface area (TPSA) is 64.2 Å². The van der Waals surface area contributed by atoms with Crippen molar-refractivity contribution in [1.29, 1.82) is 0 Å². The highest BCUT2D eigenvalue weighted by atomic mass is 16.6. The van der Waals surface area contributed by atoms with Gasteiger partial charge in [-0.15, -0.1) is 0 Å². The Morgan fingerprint density at radius 1 is 1.26 bits per heavy atom. The summed E-state index contributed by atoms with van der Waals surface area (Å²) >= 11 is 0. The number of nitro groups is 1. The second kappa shape index (κ2) is 5.81. The van der Waals surface area contributed by atoms with E-state index in [1.54, 1.807) is 6.07 Å². The fraction of sp³-hybridized carbons (Fsp3) is 0.235. The number of aromatic nitrogens is 2. The molecule has 0 saturated heterocycles. The number of aryl methyl sites for hydroxylation is 1. The minimum Gasteiger partial charge on any atom is -0.335 e. The summed E-state index contributed by atoms with van der Waals surface area (Å²) in [5.74, 6) is 0. The number of rotatable bonds is 4. The highest BCUT2D eigenvalue weighted by Crippen LogP contribution is 2.31. The van der Waals surface area contributed by atoms with E-state index in [1.165, 1.54) is 11.8 Å². The Kier molecular flexibility index (Phi) is 3.83. The molecule has 0 bridgehead atoms. The SMILES string of the molecule is CN(C)Cc1ccc(-c2cn(C)c3ncc([N+](=O)[O-])cc23)cc1. The van der Waals surface area contributed by atoms with E-state index >= 15 is 0 Å². The maximum Gasteiger partial charge on any atom is 0.288 e. The summed E-state index contributed by atoms with van der Waals surface area (Å²) in [6.07, 6.45) is 3.26. The summed E-state index contributed by atoms with van der Waals surface area (Å²) in [4.78, 5) is 16.9. The van der Waals surface area contributed by atoms with Gasteiger partial charge in [0.25, 0.3) is 5.69 Å². The molecule has 1 aromatic carbocycles. The van der Waals surface area contributed by atoms with E-state index in [2.05, 4.69) is 22.0 Å². The lowest BCUT2D eigenvalue weighted by Gasteiger charge is -2.09. The largest absolute Gasteiger partial charge is 0.335 e. The van der Waals surface area contributed by atoms with Gasteiger partial charge in [-0.3, -0.25) is 10.1 Å². The Hall–Kier alpha value is -2.73. The number of fused-ring (bicyclic) bond motifs is 1. The summed E-state index contributed by atoms with van der Waals surface area (Å²) in [5, 5.41) is 11.8. The van der Waals surface area contributed by atoms with Gasteiger partial charge in [0.1, 0.15) is 11.8 Å². The second-order valence-corrected chi connectivity index (χ2v) is 5.91. The maximum atomic E-state index is 11.0. The number of hydrogen-bond acceptors (Lipinski definition) is 4. The van der Waals surface area contributed by atoms with Crippen molar-refractivity contribution in [1.82, 2.24) is 14.5 Å². The van der Waals surface area contributed by atoms with Crippen LogP contribution in [0.3, 0.4) is 0 Å². The highest BCUT2D eigenvalue weighted by Gasteiger charge is 2.14. The number of benzene rings is 1. The molecular weight excluding hydrogens is 292 g/mol. The van der Waals surface area contributed by atoms with E-state index in [9.17, 15) is 10.1 Å². The van der Waals surface area contributed by atoms with Crippen molar-refractivity contribution in [2.24, 2.45) is 7.05 Å². The smallest absolute Gasteiger partial charge is 0.288 e. The number of nitrogens with zero attached hydrogens (tertiary/aromatic N) is 4. The normalized spacial score (nSPS) is 11.3. The van der Waals surface area contributed by atoms with Crippen LogP contribution in [0.2, 0.25) is 0 Å². The average molecular weight is 310 g/mol. The predicted molar refractivity (Wildman–Crippen MR) is 90.2 cm³/mol. The van der Waals surface area contributed by atoms with Crippen LogP contribution in [0, 0.1) is 10.1 Å². The van der Waals surface area contributed by atoms with Crippen molar-refractivity contribution in [3.8, 4) is 11.1 Å². The van der Waals surface area contributed by atoms with Crippen LogP contribution < -0.4 is 0 Å². The molecule has 6 heteroatoms. The van der Waals surface area contributed by atoms with E-state index in [4.69, 9.17) is 0 Å². The van der Waals surface area contributed by atoms with E-state index in [0.717, 1.165) is 28.7 Å². The van der Waals surface area contributed by atoms with Crippen LogP contribution in [-0.4, -0.2) is 33.5 Å². The molecule has 0 amide bonds. The molecule has 0 saturated carbocycles. The molecule has 0 fully saturated rings. The molecule has 23 heavy (non-hydrogen) atoms. The van der Waals surface area contributed by atoms with Gasteiger partial charge < -0.3 is 9.47 Å². The molecule has 6 nitrogen and oxygen atoms in total. The van der Waals surface area contributed by atoms with E-state index < -0.39 is 4.92 Å². The molecule has 2 aromatic heterocycles. The number of hydrogen-bond donors (Lipinski definition) is 0. The first-order chi connectivity index (χ1) is 11.0. The van der Waals surface area contributed by atoms with Gasteiger partial charge in [-0.05, 0) is 25.2 Å². The zero-order valence-corrected chi connectivity index (χ0v) is 13.4. The molecule has 0 unspecified atom stereocenters. The van der Waals surface area contributed by atoms with Crippen LogP contribution in [0.4, 0.5) is 5.69 Å².